The van der Waals surface area contributed by atoms with Crippen LogP contribution in [0.1, 0.15) is 19.3 Å². The van der Waals surface area contributed by atoms with Crippen molar-refractivity contribution in [1.82, 2.24) is 9.80 Å². The van der Waals surface area contributed by atoms with Gasteiger partial charge in [-0.2, -0.15) is 18.4 Å². The molecule has 0 aliphatic carbocycles. The van der Waals surface area contributed by atoms with Crippen LogP contribution in [0.4, 0.5) is 13.2 Å². The number of carbonyl (C=O) groups is 1. The molecule has 1 heterocycles. The minimum atomic E-state index is -4.68. The van der Waals surface area contributed by atoms with Crippen LogP contribution in [0.2, 0.25) is 0 Å². The normalized spacial score (nSPS) is 21.5. The van der Waals surface area contributed by atoms with Crippen LogP contribution in [-0.4, -0.2) is 65.8 Å². The van der Waals surface area contributed by atoms with Crippen LogP contribution in [-0.2, 0) is 4.79 Å². The molecule has 0 aromatic rings. The summed E-state index contributed by atoms with van der Waals surface area (Å²) in [5.74, 6) is -0.346. The molecule has 1 aliphatic rings. The summed E-state index contributed by atoms with van der Waals surface area (Å²) in [5.41, 5.74) is 0. The first-order chi connectivity index (χ1) is 9.27. The van der Waals surface area contributed by atoms with Gasteiger partial charge in [0, 0.05) is 19.6 Å². The molecule has 0 bridgehead atoms. The number of carbonyl (C=O) groups excluding carboxylic acids is 1. The van der Waals surface area contributed by atoms with E-state index in [1.54, 1.807) is 0 Å². The highest BCUT2D eigenvalue weighted by Gasteiger charge is 2.47. The second-order valence-electron chi connectivity index (χ2n) is 4.89. The van der Waals surface area contributed by atoms with Crippen molar-refractivity contribution in [1.29, 1.82) is 5.26 Å². The van der Waals surface area contributed by atoms with Crippen LogP contribution in [0.3, 0.4) is 0 Å². The maximum absolute atomic E-state index is 12.5. The molecule has 0 aromatic carbocycles. The SMILES string of the molecule is CN(CCC#N)C(=O)CN1CCCC1C(O)C(F)(F)F. The fourth-order valence-electron chi connectivity index (χ4n) is 2.26. The number of halogens is 3. The first-order valence-electron chi connectivity index (χ1n) is 6.37. The monoisotopic (exact) mass is 293 g/mol. The van der Waals surface area contributed by atoms with Crippen LogP contribution >= 0.6 is 0 Å². The molecule has 20 heavy (non-hydrogen) atoms. The molecule has 1 N–H and O–H groups in total. The van der Waals surface area contributed by atoms with Gasteiger partial charge in [-0.25, -0.2) is 0 Å². The van der Waals surface area contributed by atoms with E-state index in [0.717, 1.165) is 0 Å². The third-order valence-corrected chi connectivity index (χ3v) is 3.44. The summed E-state index contributed by atoms with van der Waals surface area (Å²) < 4.78 is 37.6. The van der Waals surface area contributed by atoms with Gasteiger partial charge in [-0.05, 0) is 19.4 Å². The van der Waals surface area contributed by atoms with Crippen LogP contribution in [0, 0.1) is 11.3 Å². The molecule has 2 unspecified atom stereocenters. The predicted molar refractivity (Wildman–Crippen MR) is 64.5 cm³/mol. The Balaban J connectivity index is 2.58. The Bertz CT molecular complexity index is 381. The smallest absolute Gasteiger partial charge is 0.382 e. The topological polar surface area (TPSA) is 67.6 Å². The zero-order valence-corrected chi connectivity index (χ0v) is 11.2. The third-order valence-electron chi connectivity index (χ3n) is 3.44. The highest BCUT2D eigenvalue weighted by atomic mass is 19.4. The number of alkyl halides is 3. The molecule has 0 aromatic heterocycles. The molecule has 1 amide bonds. The molecule has 0 spiro atoms. The van der Waals surface area contributed by atoms with E-state index in [0.29, 0.717) is 13.0 Å². The van der Waals surface area contributed by atoms with Gasteiger partial charge in [-0.1, -0.05) is 0 Å². The summed E-state index contributed by atoms with van der Waals surface area (Å²) in [6, 6.07) is 0.831. The Labute approximate surface area is 115 Å². The molecule has 1 saturated heterocycles. The second kappa shape index (κ2) is 6.90. The highest BCUT2D eigenvalue weighted by Crippen LogP contribution is 2.30. The van der Waals surface area contributed by atoms with E-state index in [9.17, 15) is 23.1 Å². The van der Waals surface area contributed by atoms with E-state index in [2.05, 4.69) is 0 Å². The van der Waals surface area contributed by atoms with Crippen molar-refractivity contribution in [3.8, 4) is 6.07 Å². The zero-order chi connectivity index (χ0) is 15.3. The summed E-state index contributed by atoms with van der Waals surface area (Å²) in [7, 11) is 1.50. The van der Waals surface area contributed by atoms with Gasteiger partial charge in [-0.15, -0.1) is 0 Å². The molecule has 8 heteroatoms. The van der Waals surface area contributed by atoms with E-state index >= 15 is 0 Å². The van der Waals surface area contributed by atoms with Gasteiger partial charge < -0.3 is 10.0 Å². The molecular weight excluding hydrogens is 275 g/mol. The maximum Gasteiger partial charge on any atom is 0.415 e. The maximum atomic E-state index is 12.5. The molecule has 5 nitrogen and oxygen atoms in total. The van der Waals surface area contributed by atoms with Gasteiger partial charge in [-0.3, -0.25) is 9.69 Å². The highest BCUT2D eigenvalue weighted by molar-refractivity contribution is 5.78. The van der Waals surface area contributed by atoms with Crippen molar-refractivity contribution in [2.24, 2.45) is 0 Å². The minimum Gasteiger partial charge on any atom is -0.382 e. The lowest BCUT2D eigenvalue weighted by atomic mass is 10.1. The predicted octanol–water partition coefficient (Wildman–Crippen LogP) is 0.746. The number of rotatable bonds is 5. The Morgan fingerprint density at radius 3 is 2.80 bits per heavy atom. The summed E-state index contributed by atoms with van der Waals surface area (Å²) >= 11 is 0. The second-order valence-corrected chi connectivity index (χ2v) is 4.89. The molecule has 0 radical (unpaired) electrons. The average molecular weight is 293 g/mol. The molecule has 2 atom stereocenters. The van der Waals surface area contributed by atoms with Crippen LogP contribution in [0.5, 0.6) is 0 Å². The van der Waals surface area contributed by atoms with Crippen molar-refractivity contribution in [2.45, 2.75) is 37.6 Å². The van der Waals surface area contributed by atoms with E-state index in [1.165, 1.54) is 16.8 Å². The zero-order valence-electron chi connectivity index (χ0n) is 11.2. The van der Waals surface area contributed by atoms with E-state index < -0.39 is 18.3 Å². The number of aliphatic hydroxyl groups excluding tert-OH is 1. The van der Waals surface area contributed by atoms with Crippen molar-refractivity contribution in [2.75, 3.05) is 26.7 Å². The third kappa shape index (κ3) is 4.35. The Hall–Kier alpha value is -1.33. The largest absolute Gasteiger partial charge is 0.415 e. The molecule has 0 saturated carbocycles. The van der Waals surface area contributed by atoms with Crippen LogP contribution < -0.4 is 0 Å². The molecule has 1 fully saturated rings. The summed E-state index contributed by atoms with van der Waals surface area (Å²) in [6.07, 6.45) is -6.19. The van der Waals surface area contributed by atoms with Gasteiger partial charge in [0.15, 0.2) is 6.10 Å². The summed E-state index contributed by atoms with van der Waals surface area (Å²) in [6.45, 7) is 0.436. The van der Waals surface area contributed by atoms with E-state index in [1.807, 2.05) is 6.07 Å². The van der Waals surface area contributed by atoms with Gasteiger partial charge in [0.05, 0.1) is 19.0 Å². The van der Waals surface area contributed by atoms with Crippen molar-refractivity contribution >= 4 is 5.91 Å². The molecule has 1 aliphatic heterocycles. The van der Waals surface area contributed by atoms with Gasteiger partial charge >= 0.3 is 6.18 Å². The van der Waals surface area contributed by atoms with Gasteiger partial charge in [0.2, 0.25) is 5.91 Å². The number of hydrogen-bond acceptors (Lipinski definition) is 4. The number of likely N-dealkylation sites (tertiary alicyclic amines) is 1. The lowest BCUT2D eigenvalue weighted by Gasteiger charge is -2.30. The number of nitrogens with zero attached hydrogens (tertiary/aromatic N) is 3. The van der Waals surface area contributed by atoms with Crippen LogP contribution in [0.15, 0.2) is 0 Å². The quantitative estimate of drug-likeness (QED) is 0.812. The first-order valence-corrected chi connectivity index (χ1v) is 6.37. The lowest BCUT2D eigenvalue weighted by molar-refractivity contribution is -0.219. The number of amides is 1. The number of likely N-dealkylation sites (N-methyl/N-ethyl adjacent to an activating group) is 1. The van der Waals surface area contributed by atoms with Crippen molar-refractivity contribution in [3.63, 3.8) is 0 Å². The Morgan fingerprint density at radius 2 is 2.25 bits per heavy atom. The summed E-state index contributed by atoms with van der Waals surface area (Å²) in [4.78, 5) is 14.5. The van der Waals surface area contributed by atoms with E-state index in [-0.39, 0.29) is 31.8 Å². The van der Waals surface area contributed by atoms with Gasteiger partial charge in [0.25, 0.3) is 0 Å². The van der Waals surface area contributed by atoms with Crippen molar-refractivity contribution in [3.05, 3.63) is 0 Å². The first kappa shape index (κ1) is 16.7. The minimum absolute atomic E-state index is 0.167. The lowest BCUT2D eigenvalue weighted by Crippen LogP contribution is -2.50. The number of hydrogen-bond donors (Lipinski definition) is 1. The Kier molecular flexibility index (Phi) is 5.77. The molecular formula is C12H18F3N3O2. The summed E-state index contributed by atoms with van der Waals surface area (Å²) in [5, 5.41) is 17.7. The number of aliphatic hydroxyl groups is 1. The Morgan fingerprint density at radius 1 is 1.60 bits per heavy atom. The van der Waals surface area contributed by atoms with E-state index in [4.69, 9.17) is 5.26 Å². The fourth-order valence-corrected chi connectivity index (χ4v) is 2.26. The average Bonchev–Trinajstić information content (AvgIpc) is 2.81. The molecule has 1 rings (SSSR count). The van der Waals surface area contributed by atoms with Crippen molar-refractivity contribution < 1.29 is 23.1 Å². The standard InChI is InChI=1S/C12H18F3N3O2/c1-17(6-3-5-16)10(19)8-18-7-2-4-9(18)11(20)12(13,14)15/h9,11,20H,2-4,6-8H2,1H3. The number of nitriles is 1. The fraction of sp³-hybridized carbons (Fsp3) is 0.833. The molecule has 114 valence electrons. The van der Waals surface area contributed by atoms with Crippen LogP contribution in [0.25, 0.3) is 0 Å². The van der Waals surface area contributed by atoms with Gasteiger partial charge in [0.1, 0.15) is 0 Å².